The standard InChI is InChI=1S/C26H29FN2O3/c1-18-23(26(30)31)16-29(14-12-21-9-5-6-13-28-21)25(18)22-11-10-20(27)15-24(22)32-17-19-7-3-2-4-8-19/h2-4,7-8,10-11,15-16,21,28H,5-6,9,12-14,17H2,1H3,(H,30,31). The van der Waals surface area contributed by atoms with E-state index in [0.29, 0.717) is 36.1 Å². The monoisotopic (exact) mass is 436 g/mol. The number of piperidine rings is 1. The van der Waals surface area contributed by atoms with Gasteiger partial charge in [0.25, 0.3) is 0 Å². The molecule has 2 heterocycles. The number of aromatic nitrogens is 1. The first-order valence-corrected chi connectivity index (χ1v) is 11.2. The van der Waals surface area contributed by atoms with Crippen LogP contribution in [0.1, 0.15) is 47.2 Å². The van der Waals surface area contributed by atoms with Crippen molar-refractivity contribution in [3.05, 3.63) is 77.2 Å². The number of aromatic carboxylic acids is 1. The van der Waals surface area contributed by atoms with E-state index in [1.807, 2.05) is 34.9 Å². The van der Waals surface area contributed by atoms with Crippen LogP contribution in [0.2, 0.25) is 0 Å². The third-order valence-corrected chi connectivity index (χ3v) is 6.13. The molecule has 0 aliphatic carbocycles. The van der Waals surface area contributed by atoms with Gasteiger partial charge < -0.3 is 19.7 Å². The number of hydrogen-bond donors (Lipinski definition) is 2. The van der Waals surface area contributed by atoms with Crippen LogP contribution in [-0.2, 0) is 13.2 Å². The third-order valence-electron chi connectivity index (χ3n) is 6.13. The summed E-state index contributed by atoms with van der Waals surface area (Å²) in [7, 11) is 0. The van der Waals surface area contributed by atoms with Gasteiger partial charge in [0.15, 0.2) is 0 Å². The lowest BCUT2D eigenvalue weighted by Crippen LogP contribution is -2.34. The molecule has 3 aromatic rings. The highest BCUT2D eigenvalue weighted by Gasteiger charge is 2.22. The van der Waals surface area contributed by atoms with Crippen molar-refractivity contribution in [2.75, 3.05) is 6.54 Å². The van der Waals surface area contributed by atoms with E-state index in [9.17, 15) is 14.3 Å². The molecule has 1 aliphatic heterocycles. The Kier molecular flexibility index (Phi) is 6.90. The van der Waals surface area contributed by atoms with Crippen LogP contribution < -0.4 is 10.1 Å². The molecule has 4 rings (SSSR count). The fourth-order valence-electron chi connectivity index (χ4n) is 4.42. The van der Waals surface area contributed by atoms with E-state index >= 15 is 0 Å². The number of carboxylic acids is 1. The first-order chi connectivity index (χ1) is 15.5. The lowest BCUT2D eigenvalue weighted by molar-refractivity contribution is 0.0696. The average Bonchev–Trinajstić information content (AvgIpc) is 3.14. The number of halogens is 1. The summed E-state index contributed by atoms with van der Waals surface area (Å²) in [6.45, 7) is 3.81. The van der Waals surface area contributed by atoms with Crippen LogP contribution in [0, 0.1) is 12.7 Å². The zero-order valence-electron chi connectivity index (χ0n) is 18.3. The second kappa shape index (κ2) is 10.0. The maximum atomic E-state index is 14.1. The fourth-order valence-corrected chi connectivity index (χ4v) is 4.42. The summed E-state index contributed by atoms with van der Waals surface area (Å²) in [5.41, 5.74) is 3.36. The third kappa shape index (κ3) is 5.02. The second-order valence-electron chi connectivity index (χ2n) is 8.37. The minimum Gasteiger partial charge on any atom is -0.488 e. The van der Waals surface area contributed by atoms with Gasteiger partial charge in [-0.05, 0) is 56.0 Å². The predicted molar refractivity (Wildman–Crippen MR) is 123 cm³/mol. The van der Waals surface area contributed by atoms with Gasteiger partial charge in [-0.15, -0.1) is 0 Å². The Balaban J connectivity index is 1.67. The minimum atomic E-state index is -0.966. The van der Waals surface area contributed by atoms with Crippen LogP contribution in [0.5, 0.6) is 5.75 Å². The lowest BCUT2D eigenvalue weighted by Gasteiger charge is -2.24. The van der Waals surface area contributed by atoms with E-state index in [4.69, 9.17) is 4.74 Å². The van der Waals surface area contributed by atoms with Crippen molar-refractivity contribution in [2.45, 2.75) is 51.8 Å². The van der Waals surface area contributed by atoms with Crippen molar-refractivity contribution in [3.8, 4) is 17.0 Å². The molecule has 168 valence electrons. The molecule has 1 aliphatic rings. The zero-order valence-corrected chi connectivity index (χ0v) is 18.3. The van der Waals surface area contributed by atoms with Gasteiger partial charge in [-0.3, -0.25) is 0 Å². The van der Waals surface area contributed by atoms with Crippen molar-refractivity contribution < 1.29 is 19.0 Å². The molecule has 32 heavy (non-hydrogen) atoms. The summed E-state index contributed by atoms with van der Waals surface area (Å²) in [6.07, 6.45) is 6.14. The highest BCUT2D eigenvalue weighted by Crippen LogP contribution is 2.36. The van der Waals surface area contributed by atoms with Gasteiger partial charge in [0.1, 0.15) is 18.2 Å². The Morgan fingerprint density at radius 1 is 1.22 bits per heavy atom. The summed E-state index contributed by atoms with van der Waals surface area (Å²) in [4.78, 5) is 11.9. The van der Waals surface area contributed by atoms with Gasteiger partial charge >= 0.3 is 5.97 Å². The number of nitrogens with zero attached hydrogens (tertiary/aromatic N) is 1. The Morgan fingerprint density at radius 3 is 2.75 bits per heavy atom. The highest BCUT2D eigenvalue weighted by molar-refractivity contribution is 5.92. The zero-order chi connectivity index (χ0) is 22.5. The summed E-state index contributed by atoms with van der Waals surface area (Å²) >= 11 is 0. The van der Waals surface area contributed by atoms with Crippen LogP contribution in [0.3, 0.4) is 0 Å². The van der Waals surface area contributed by atoms with Crippen LogP contribution in [0.15, 0.2) is 54.7 Å². The van der Waals surface area contributed by atoms with Gasteiger partial charge in [-0.2, -0.15) is 0 Å². The average molecular weight is 437 g/mol. The normalized spacial score (nSPS) is 16.1. The van der Waals surface area contributed by atoms with Gasteiger partial charge in [0.2, 0.25) is 0 Å². The number of carboxylic acid groups (broad SMARTS) is 1. The molecule has 1 fully saturated rings. The quantitative estimate of drug-likeness (QED) is 0.495. The second-order valence-corrected chi connectivity index (χ2v) is 8.37. The van der Waals surface area contributed by atoms with Gasteiger partial charge in [0, 0.05) is 30.4 Å². The topological polar surface area (TPSA) is 63.5 Å². The molecule has 6 heteroatoms. The molecule has 5 nitrogen and oxygen atoms in total. The van der Waals surface area contributed by atoms with Crippen molar-refractivity contribution in [2.24, 2.45) is 0 Å². The molecular formula is C26H29FN2O3. The van der Waals surface area contributed by atoms with Gasteiger partial charge in [-0.1, -0.05) is 36.8 Å². The molecule has 1 unspecified atom stereocenters. The molecule has 2 N–H and O–H groups in total. The van der Waals surface area contributed by atoms with Crippen LogP contribution in [0.25, 0.3) is 11.3 Å². The van der Waals surface area contributed by atoms with Gasteiger partial charge in [0.05, 0.1) is 11.3 Å². The van der Waals surface area contributed by atoms with Crippen molar-refractivity contribution in [3.63, 3.8) is 0 Å². The number of carbonyl (C=O) groups is 1. The Hall–Kier alpha value is -3.12. The lowest BCUT2D eigenvalue weighted by atomic mass is 10.0. The molecule has 1 aromatic heterocycles. The number of nitrogens with one attached hydrogen (secondary N) is 1. The number of rotatable bonds is 8. The van der Waals surface area contributed by atoms with Crippen molar-refractivity contribution in [1.82, 2.24) is 9.88 Å². The number of hydrogen-bond acceptors (Lipinski definition) is 3. The first-order valence-electron chi connectivity index (χ1n) is 11.2. The van der Waals surface area contributed by atoms with Gasteiger partial charge in [-0.25, -0.2) is 9.18 Å². The molecule has 2 aromatic carbocycles. The highest BCUT2D eigenvalue weighted by atomic mass is 19.1. The van der Waals surface area contributed by atoms with Crippen LogP contribution >= 0.6 is 0 Å². The van der Waals surface area contributed by atoms with Crippen LogP contribution in [-0.4, -0.2) is 28.2 Å². The molecule has 0 radical (unpaired) electrons. The van der Waals surface area contributed by atoms with Crippen LogP contribution in [0.4, 0.5) is 4.39 Å². The Bertz CT molecular complexity index is 1070. The summed E-state index contributed by atoms with van der Waals surface area (Å²) in [5.74, 6) is -0.950. The first kappa shape index (κ1) is 22.1. The number of benzene rings is 2. The van der Waals surface area contributed by atoms with E-state index < -0.39 is 11.8 Å². The summed E-state index contributed by atoms with van der Waals surface area (Å²) < 4.78 is 22.1. The Morgan fingerprint density at radius 2 is 2.03 bits per heavy atom. The van der Waals surface area contributed by atoms with E-state index in [-0.39, 0.29) is 5.56 Å². The molecule has 0 amide bonds. The predicted octanol–water partition coefficient (Wildman–Crippen LogP) is 5.41. The van der Waals surface area contributed by atoms with E-state index in [2.05, 4.69) is 5.32 Å². The Labute approximate surface area is 187 Å². The summed E-state index contributed by atoms with van der Waals surface area (Å²) in [5, 5.41) is 13.3. The SMILES string of the molecule is Cc1c(C(=O)O)cn(CCC2CCCCN2)c1-c1ccc(F)cc1OCc1ccccc1. The number of aryl methyl sites for hydroxylation is 1. The molecule has 1 saturated heterocycles. The smallest absolute Gasteiger partial charge is 0.337 e. The van der Waals surface area contributed by atoms with E-state index in [1.165, 1.54) is 25.0 Å². The van der Waals surface area contributed by atoms with E-state index in [1.54, 1.807) is 19.2 Å². The molecule has 1 atom stereocenters. The minimum absolute atomic E-state index is 0.259. The molecule has 0 spiro atoms. The summed E-state index contributed by atoms with van der Waals surface area (Å²) in [6, 6.07) is 14.6. The largest absolute Gasteiger partial charge is 0.488 e. The molecule has 0 bridgehead atoms. The molecular weight excluding hydrogens is 407 g/mol. The maximum Gasteiger partial charge on any atom is 0.337 e. The van der Waals surface area contributed by atoms with Crippen molar-refractivity contribution in [1.29, 1.82) is 0 Å². The van der Waals surface area contributed by atoms with E-state index in [0.717, 1.165) is 30.6 Å². The molecule has 0 saturated carbocycles. The number of ether oxygens (including phenoxy) is 1. The van der Waals surface area contributed by atoms with Crippen molar-refractivity contribution >= 4 is 5.97 Å². The fraction of sp³-hybridized carbons (Fsp3) is 0.346. The maximum absolute atomic E-state index is 14.1.